The first kappa shape index (κ1) is 26.7. The van der Waals surface area contributed by atoms with E-state index in [0.717, 1.165) is 11.8 Å². The van der Waals surface area contributed by atoms with Crippen LogP contribution in [0.5, 0.6) is 0 Å². The van der Waals surface area contributed by atoms with Gasteiger partial charge in [-0.05, 0) is 36.8 Å². The Bertz CT molecular complexity index is 868. The van der Waals surface area contributed by atoms with Crippen LogP contribution in [-0.2, 0) is 14.3 Å². The number of alkyl halides is 1. The molecule has 0 bridgehead atoms. The number of esters is 1. The van der Waals surface area contributed by atoms with Crippen LogP contribution in [0.2, 0.25) is 0 Å². The molecule has 5 heteroatoms. The molecule has 0 aromatic heterocycles. The SMILES string of the molecule is CC(C=O)c1ccccc1.COC(=O)CCBr.Cc1ccc(Sc2ccccc2)cc1. The highest BCUT2D eigenvalue weighted by molar-refractivity contribution is 9.09. The minimum atomic E-state index is -0.170. The predicted octanol–water partition coefficient (Wildman–Crippen LogP) is 7.08. The number of benzene rings is 3. The van der Waals surface area contributed by atoms with Gasteiger partial charge in [0.25, 0.3) is 0 Å². The number of halogens is 1. The second-order valence-corrected chi connectivity index (χ2v) is 8.52. The molecule has 3 nitrogen and oxygen atoms in total. The van der Waals surface area contributed by atoms with E-state index in [1.807, 2.05) is 43.3 Å². The summed E-state index contributed by atoms with van der Waals surface area (Å²) >= 11 is 4.89. The lowest BCUT2D eigenvalue weighted by Gasteiger charge is -2.01. The van der Waals surface area contributed by atoms with Crippen molar-refractivity contribution in [2.75, 3.05) is 12.4 Å². The number of ether oxygens (including phenoxy) is 1. The molecule has 31 heavy (non-hydrogen) atoms. The summed E-state index contributed by atoms with van der Waals surface area (Å²) < 4.78 is 4.32. The Balaban J connectivity index is 0.000000249. The quantitative estimate of drug-likeness (QED) is 0.206. The summed E-state index contributed by atoms with van der Waals surface area (Å²) in [6.07, 6.45) is 1.41. The summed E-state index contributed by atoms with van der Waals surface area (Å²) in [6.45, 7) is 4.00. The zero-order valence-electron chi connectivity index (χ0n) is 18.2. The van der Waals surface area contributed by atoms with Crippen LogP contribution in [0.1, 0.15) is 30.4 Å². The van der Waals surface area contributed by atoms with E-state index < -0.39 is 0 Å². The molecular weight excluding hydrogens is 472 g/mol. The first-order valence-electron chi connectivity index (χ1n) is 9.92. The normalized spacial score (nSPS) is 10.5. The van der Waals surface area contributed by atoms with Gasteiger partial charge in [-0.25, -0.2) is 0 Å². The number of hydrogen-bond acceptors (Lipinski definition) is 4. The lowest BCUT2D eigenvalue weighted by Crippen LogP contribution is -1.99. The van der Waals surface area contributed by atoms with Crippen LogP contribution >= 0.6 is 27.7 Å². The smallest absolute Gasteiger partial charge is 0.306 e. The highest BCUT2D eigenvalue weighted by atomic mass is 79.9. The van der Waals surface area contributed by atoms with Crippen molar-refractivity contribution in [3.63, 3.8) is 0 Å². The zero-order chi connectivity index (χ0) is 22.9. The van der Waals surface area contributed by atoms with Crippen LogP contribution in [-0.4, -0.2) is 24.7 Å². The summed E-state index contributed by atoms with van der Waals surface area (Å²) in [5, 5.41) is 0.680. The van der Waals surface area contributed by atoms with E-state index in [0.29, 0.717) is 11.8 Å². The molecule has 0 spiro atoms. The fourth-order valence-corrected chi connectivity index (χ4v) is 3.41. The molecule has 0 saturated heterocycles. The number of aldehydes is 1. The number of carbonyl (C=O) groups is 2. The zero-order valence-corrected chi connectivity index (χ0v) is 20.6. The molecule has 1 unspecified atom stereocenters. The van der Waals surface area contributed by atoms with Crippen LogP contribution in [0, 0.1) is 6.92 Å². The molecule has 3 aromatic rings. The van der Waals surface area contributed by atoms with Crippen molar-refractivity contribution in [2.24, 2.45) is 0 Å². The van der Waals surface area contributed by atoms with Crippen molar-refractivity contribution in [2.45, 2.75) is 36.0 Å². The van der Waals surface area contributed by atoms with Crippen molar-refractivity contribution < 1.29 is 14.3 Å². The molecule has 0 N–H and O–H groups in total. The van der Waals surface area contributed by atoms with Crippen LogP contribution in [0.25, 0.3) is 0 Å². The molecule has 0 saturated carbocycles. The van der Waals surface area contributed by atoms with E-state index >= 15 is 0 Å². The summed E-state index contributed by atoms with van der Waals surface area (Å²) in [5.41, 5.74) is 2.39. The molecule has 3 aromatic carbocycles. The Kier molecular flexibility index (Phi) is 14.1. The van der Waals surface area contributed by atoms with Crippen molar-refractivity contribution in [3.8, 4) is 0 Å². The molecule has 1 atom stereocenters. The monoisotopic (exact) mass is 500 g/mol. The maximum Gasteiger partial charge on any atom is 0.306 e. The van der Waals surface area contributed by atoms with Crippen molar-refractivity contribution in [1.29, 1.82) is 0 Å². The summed E-state index contributed by atoms with van der Waals surface area (Å²) in [5.74, 6) is -0.141. The minimum absolute atomic E-state index is 0.0289. The average molecular weight is 501 g/mol. The molecule has 0 amide bonds. The van der Waals surface area contributed by atoms with Gasteiger partial charge in [-0.3, -0.25) is 4.79 Å². The highest BCUT2D eigenvalue weighted by Crippen LogP contribution is 2.27. The molecule has 0 aliphatic heterocycles. The molecule has 0 aliphatic rings. The van der Waals surface area contributed by atoms with Gasteiger partial charge in [0.1, 0.15) is 6.29 Å². The third-order valence-corrected chi connectivity index (χ3v) is 5.47. The third-order valence-electron chi connectivity index (χ3n) is 4.06. The Hall–Kier alpha value is -2.37. The van der Waals surface area contributed by atoms with Gasteiger partial charge < -0.3 is 9.53 Å². The van der Waals surface area contributed by atoms with Crippen molar-refractivity contribution >= 4 is 39.9 Å². The van der Waals surface area contributed by atoms with E-state index in [-0.39, 0.29) is 11.9 Å². The van der Waals surface area contributed by atoms with Crippen molar-refractivity contribution in [3.05, 3.63) is 96.1 Å². The van der Waals surface area contributed by atoms with E-state index in [9.17, 15) is 9.59 Å². The Morgan fingerprint density at radius 2 is 1.45 bits per heavy atom. The van der Waals surface area contributed by atoms with Gasteiger partial charge in [0.15, 0.2) is 0 Å². The molecule has 3 rings (SSSR count). The van der Waals surface area contributed by atoms with Crippen LogP contribution in [0.15, 0.2) is 94.7 Å². The summed E-state index contributed by atoms with van der Waals surface area (Å²) in [6, 6.07) is 28.8. The number of hydrogen-bond donors (Lipinski definition) is 0. The van der Waals surface area contributed by atoms with Gasteiger partial charge in [-0.15, -0.1) is 0 Å². The molecule has 0 aliphatic carbocycles. The number of aryl methyl sites for hydroxylation is 1. The average Bonchev–Trinajstić information content (AvgIpc) is 2.82. The van der Waals surface area contributed by atoms with Crippen LogP contribution < -0.4 is 0 Å². The predicted molar refractivity (Wildman–Crippen MR) is 133 cm³/mol. The Labute approximate surface area is 198 Å². The first-order valence-corrected chi connectivity index (χ1v) is 11.9. The highest BCUT2D eigenvalue weighted by Gasteiger charge is 1.99. The van der Waals surface area contributed by atoms with Gasteiger partial charge >= 0.3 is 5.97 Å². The minimum Gasteiger partial charge on any atom is -0.469 e. The number of methoxy groups -OCH3 is 1. The van der Waals surface area contributed by atoms with Gasteiger partial charge in [-0.2, -0.15) is 0 Å². The lowest BCUT2D eigenvalue weighted by atomic mass is 10.0. The molecule has 0 fully saturated rings. The third kappa shape index (κ3) is 12.2. The van der Waals surface area contributed by atoms with Crippen LogP contribution in [0.3, 0.4) is 0 Å². The molecule has 164 valence electrons. The first-order chi connectivity index (χ1) is 15.0. The maximum absolute atomic E-state index is 10.3. The summed E-state index contributed by atoms with van der Waals surface area (Å²) in [4.78, 5) is 23.0. The second-order valence-electron chi connectivity index (χ2n) is 6.58. The summed E-state index contributed by atoms with van der Waals surface area (Å²) in [7, 11) is 1.38. The molecule has 0 heterocycles. The maximum atomic E-state index is 10.3. The van der Waals surface area contributed by atoms with E-state index in [2.05, 4.69) is 76.1 Å². The van der Waals surface area contributed by atoms with Gasteiger partial charge in [0.05, 0.1) is 13.5 Å². The van der Waals surface area contributed by atoms with Gasteiger partial charge in [0.2, 0.25) is 0 Å². The van der Waals surface area contributed by atoms with Crippen molar-refractivity contribution in [1.82, 2.24) is 0 Å². The number of rotatable bonds is 6. The second kappa shape index (κ2) is 16.3. The standard InChI is InChI=1S/C13H12S.C9H10O.C4H7BrO2/c1-11-7-9-13(10-8-11)14-12-5-3-2-4-6-12;1-8(7-10)9-5-3-2-4-6-9;1-7-4(6)2-3-5/h2-10H,1H3;2-8H,1H3;2-3H2,1H3. The largest absolute Gasteiger partial charge is 0.469 e. The van der Waals surface area contributed by atoms with E-state index in [1.165, 1.54) is 22.5 Å². The Morgan fingerprint density at radius 3 is 1.90 bits per heavy atom. The number of carbonyl (C=O) groups excluding carboxylic acids is 2. The molecular formula is C26H29BrO3S. The molecule has 0 radical (unpaired) electrons. The van der Waals surface area contributed by atoms with Gasteiger partial charge in [0, 0.05) is 21.0 Å². The topological polar surface area (TPSA) is 43.4 Å². The van der Waals surface area contributed by atoms with E-state index in [1.54, 1.807) is 11.8 Å². The fourth-order valence-electron chi connectivity index (χ4n) is 2.25. The van der Waals surface area contributed by atoms with Crippen LogP contribution in [0.4, 0.5) is 0 Å². The Morgan fingerprint density at radius 1 is 0.935 bits per heavy atom. The lowest BCUT2D eigenvalue weighted by molar-refractivity contribution is -0.140. The fraction of sp³-hybridized carbons (Fsp3) is 0.231. The van der Waals surface area contributed by atoms with Gasteiger partial charge in [-0.1, -0.05) is 101 Å². The van der Waals surface area contributed by atoms with E-state index in [4.69, 9.17) is 0 Å².